The Morgan fingerprint density at radius 3 is 2.70 bits per heavy atom. The molecule has 0 amide bonds. The molecule has 0 unspecified atom stereocenters. The maximum Gasteiger partial charge on any atom is 0.273 e. The van der Waals surface area contributed by atoms with E-state index in [1.807, 2.05) is 24.3 Å². The van der Waals surface area contributed by atoms with Gasteiger partial charge >= 0.3 is 0 Å². The minimum Gasteiger partial charge on any atom is -0.326 e. The summed E-state index contributed by atoms with van der Waals surface area (Å²) in [5, 5.41) is 6.80. The van der Waals surface area contributed by atoms with Crippen LogP contribution in [0.15, 0.2) is 65.7 Å². The molecule has 1 N–H and O–H groups in total. The van der Waals surface area contributed by atoms with Crippen molar-refractivity contribution in [1.82, 2.24) is 14.6 Å². The van der Waals surface area contributed by atoms with Crippen molar-refractivity contribution in [1.29, 1.82) is 0 Å². The van der Waals surface area contributed by atoms with Crippen molar-refractivity contribution in [2.24, 2.45) is 0 Å². The number of benzene rings is 2. The smallest absolute Gasteiger partial charge is 0.273 e. The Hall–Kier alpha value is -2.88. The molecule has 2 heterocycles. The Bertz CT molecular complexity index is 982. The first-order valence-electron chi connectivity index (χ1n) is 6.37. The van der Waals surface area contributed by atoms with Gasteiger partial charge in [0.1, 0.15) is 5.52 Å². The number of aromatic nitrogens is 3. The topological polar surface area (TPSA) is 50.2 Å². The zero-order valence-electron chi connectivity index (χ0n) is 10.6. The van der Waals surface area contributed by atoms with E-state index in [4.69, 9.17) is 0 Å². The SMILES string of the molecule is O=c1[nH]ccn2nc(-c3ccc4ccccc4c3)cc12. The van der Waals surface area contributed by atoms with E-state index in [-0.39, 0.29) is 5.56 Å². The predicted octanol–water partition coefficient (Wildman–Crippen LogP) is 2.84. The molecule has 0 aliphatic heterocycles. The number of aromatic amines is 1. The monoisotopic (exact) mass is 261 g/mol. The van der Waals surface area contributed by atoms with E-state index < -0.39 is 0 Å². The number of hydrogen-bond acceptors (Lipinski definition) is 2. The van der Waals surface area contributed by atoms with E-state index in [0.29, 0.717) is 5.52 Å². The van der Waals surface area contributed by atoms with Crippen LogP contribution in [-0.4, -0.2) is 14.6 Å². The van der Waals surface area contributed by atoms with Crippen LogP contribution in [-0.2, 0) is 0 Å². The Morgan fingerprint density at radius 1 is 1.00 bits per heavy atom. The van der Waals surface area contributed by atoms with Crippen LogP contribution in [0.1, 0.15) is 0 Å². The molecule has 4 aromatic rings. The molecule has 20 heavy (non-hydrogen) atoms. The van der Waals surface area contributed by atoms with Gasteiger partial charge in [0.25, 0.3) is 5.56 Å². The lowest BCUT2D eigenvalue weighted by Gasteiger charge is -2.00. The first kappa shape index (κ1) is 11.0. The maximum absolute atomic E-state index is 11.7. The van der Waals surface area contributed by atoms with Gasteiger partial charge in [-0.1, -0.05) is 36.4 Å². The highest BCUT2D eigenvalue weighted by molar-refractivity contribution is 5.87. The van der Waals surface area contributed by atoms with Gasteiger partial charge in [-0.25, -0.2) is 4.52 Å². The summed E-state index contributed by atoms with van der Waals surface area (Å²) in [6.45, 7) is 0. The number of nitrogens with zero attached hydrogens (tertiary/aromatic N) is 2. The molecule has 96 valence electrons. The number of nitrogens with one attached hydrogen (secondary N) is 1. The first-order chi connectivity index (χ1) is 9.81. The highest BCUT2D eigenvalue weighted by Gasteiger charge is 2.07. The Labute approximate surface area is 114 Å². The molecule has 2 aromatic carbocycles. The third-order valence-corrected chi connectivity index (χ3v) is 3.44. The molecular weight excluding hydrogens is 250 g/mol. The number of hydrogen-bond donors (Lipinski definition) is 1. The molecule has 0 fully saturated rings. The van der Waals surface area contributed by atoms with Gasteiger partial charge in [-0.05, 0) is 22.9 Å². The summed E-state index contributed by atoms with van der Waals surface area (Å²) in [4.78, 5) is 14.4. The normalized spacial score (nSPS) is 11.2. The van der Waals surface area contributed by atoms with E-state index in [1.165, 1.54) is 5.39 Å². The van der Waals surface area contributed by atoms with Gasteiger partial charge in [0.2, 0.25) is 0 Å². The molecular formula is C16H11N3O. The number of H-pyrrole nitrogens is 1. The third-order valence-electron chi connectivity index (χ3n) is 3.44. The zero-order chi connectivity index (χ0) is 13.5. The summed E-state index contributed by atoms with van der Waals surface area (Å²) in [6, 6.07) is 16.2. The zero-order valence-corrected chi connectivity index (χ0v) is 10.6. The molecule has 2 aromatic heterocycles. The van der Waals surface area contributed by atoms with E-state index in [0.717, 1.165) is 16.6 Å². The summed E-state index contributed by atoms with van der Waals surface area (Å²) in [6.07, 6.45) is 3.33. The van der Waals surface area contributed by atoms with Crippen molar-refractivity contribution in [3.63, 3.8) is 0 Å². The second kappa shape index (κ2) is 4.06. The lowest BCUT2D eigenvalue weighted by Crippen LogP contribution is -2.07. The summed E-state index contributed by atoms with van der Waals surface area (Å²) in [5.74, 6) is 0. The fraction of sp³-hybridized carbons (Fsp3) is 0. The van der Waals surface area contributed by atoms with Gasteiger partial charge in [-0.2, -0.15) is 5.10 Å². The summed E-state index contributed by atoms with van der Waals surface area (Å²) >= 11 is 0. The second-order valence-corrected chi connectivity index (χ2v) is 4.71. The van der Waals surface area contributed by atoms with E-state index in [1.54, 1.807) is 16.9 Å². The third kappa shape index (κ3) is 1.62. The summed E-state index contributed by atoms with van der Waals surface area (Å²) < 4.78 is 1.60. The standard InChI is InChI=1S/C16H11N3O/c20-16-15-10-14(18-19(15)8-7-17-16)13-6-5-11-3-1-2-4-12(11)9-13/h1-10H,(H,17,20). The van der Waals surface area contributed by atoms with E-state index in [9.17, 15) is 4.79 Å². The highest BCUT2D eigenvalue weighted by atomic mass is 16.1. The molecule has 4 rings (SSSR count). The average Bonchev–Trinajstić information content (AvgIpc) is 2.92. The molecule has 0 radical (unpaired) electrons. The maximum atomic E-state index is 11.7. The fourth-order valence-electron chi connectivity index (χ4n) is 2.42. The van der Waals surface area contributed by atoms with Gasteiger partial charge in [0, 0.05) is 18.0 Å². The Morgan fingerprint density at radius 2 is 1.85 bits per heavy atom. The second-order valence-electron chi connectivity index (χ2n) is 4.71. The highest BCUT2D eigenvalue weighted by Crippen LogP contribution is 2.23. The minimum atomic E-state index is -0.132. The molecule has 4 nitrogen and oxygen atoms in total. The van der Waals surface area contributed by atoms with Crippen LogP contribution in [0.2, 0.25) is 0 Å². The van der Waals surface area contributed by atoms with Crippen LogP contribution >= 0.6 is 0 Å². The molecule has 0 saturated carbocycles. The molecule has 0 aliphatic rings. The van der Waals surface area contributed by atoms with Crippen molar-refractivity contribution >= 4 is 16.3 Å². The first-order valence-corrected chi connectivity index (χ1v) is 6.37. The molecule has 4 heteroatoms. The lowest BCUT2D eigenvalue weighted by molar-refractivity contribution is 0.940. The van der Waals surface area contributed by atoms with Crippen molar-refractivity contribution in [2.45, 2.75) is 0 Å². The number of fused-ring (bicyclic) bond motifs is 2. The summed E-state index contributed by atoms with van der Waals surface area (Å²) in [7, 11) is 0. The molecule has 0 aliphatic carbocycles. The van der Waals surface area contributed by atoms with Crippen LogP contribution in [0.3, 0.4) is 0 Å². The van der Waals surface area contributed by atoms with Crippen molar-refractivity contribution in [3.8, 4) is 11.3 Å². The van der Waals surface area contributed by atoms with Crippen LogP contribution in [0.4, 0.5) is 0 Å². The summed E-state index contributed by atoms with van der Waals surface area (Å²) in [5.41, 5.74) is 2.22. The van der Waals surface area contributed by atoms with Gasteiger partial charge in [0.05, 0.1) is 5.69 Å². The lowest BCUT2D eigenvalue weighted by atomic mass is 10.1. The van der Waals surface area contributed by atoms with Crippen molar-refractivity contribution in [2.75, 3.05) is 0 Å². The van der Waals surface area contributed by atoms with E-state index >= 15 is 0 Å². The van der Waals surface area contributed by atoms with Gasteiger partial charge in [-0.3, -0.25) is 4.79 Å². The van der Waals surface area contributed by atoms with Crippen molar-refractivity contribution in [3.05, 3.63) is 71.3 Å². The van der Waals surface area contributed by atoms with Crippen LogP contribution in [0.25, 0.3) is 27.5 Å². The quantitative estimate of drug-likeness (QED) is 0.573. The van der Waals surface area contributed by atoms with Gasteiger partial charge in [-0.15, -0.1) is 0 Å². The Kier molecular flexibility index (Phi) is 2.23. The Balaban J connectivity index is 1.96. The minimum absolute atomic E-state index is 0.132. The van der Waals surface area contributed by atoms with E-state index in [2.05, 4.69) is 34.3 Å². The predicted molar refractivity (Wildman–Crippen MR) is 78.8 cm³/mol. The fourth-order valence-corrected chi connectivity index (χ4v) is 2.42. The molecule has 0 saturated heterocycles. The number of rotatable bonds is 1. The van der Waals surface area contributed by atoms with Crippen LogP contribution in [0.5, 0.6) is 0 Å². The van der Waals surface area contributed by atoms with Crippen LogP contribution in [0, 0.1) is 0 Å². The largest absolute Gasteiger partial charge is 0.326 e. The van der Waals surface area contributed by atoms with Crippen molar-refractivity contribution < 1.29 is 0 Å². The van der Waals surface area contributed by atoms with Gasteiger partial charge < -0.3 is 4.98 Å². The molecule has 0 bridgehead atoms. The van der Waals surface area contributed by atoms with Gasteiger partial charge in [0.15, 0.2) is 0 Å². The van der Waals surface area contributed by atoms with Crippen LogP contribution < -0.4 is 5.56 Å². The molecule has 0 atom stereocenters. The average molecular weight is 261 g/mol. The molecule has 0 spiro atoms.